The molecule has 1 aliphatic carbocycles. The number of aryl methyl sites for hydroxylation is 1. The number of amides is 1. The third-order valence-corrected chi connectivity index (χ3v) is 5.11. The number of hydrogen-bond acceptors (Lipinski definition) is 3. The van der Waals surface area contributed by atoms with Crippen LogP contribution in [0.1, 0.15) is 30.7 Å². The molecular weight excluding hydrogens is 326 g/mol. The van der Waals surface area contributed by atoms with Crippen LogP contribution in [0.15, 0.2) is 59.4 Å². The molecule has 26 heavy (non-hydrogen) atoms. The van der Waals surface area contributed by atoms with Crippen LogP contribution >= 0.6 is 0 Å². The summed E-state index contributed by atoms with van der Waals surface area (Å²) >= 11 is 0. The van der Waals surface area contributed by atoms with Crippen LogP contribution in [0.4, 0.5) is 0 Å². The predicted octanol–water partition coefficient (Wildman–Crippen LogP) is 2.70. The van der Waals surface area contributed by atoms with E-state index in [1.807, 2.05) is 36.4 Å². The second kappa shape index (κ2) is 6.75. The molecule has 5 heteroatoms. The maximum Gasteiger partial charge on any atom is 0.258 e. The van der Waals surface area contributed by atoms with Crippen LogP contribution in [0.2, 0.25) is 0 Å². The summed E-state index contributed by atoms with van der Waals surface area (Å²) in [5.74, 6) is 0.538. The summed E-state index contributed by atoms with van der Waals surface area (Å²) in [7, 11) is 0. The Morgan fingerprint density at radius 3 is 2.58 bits per heavy atom. The van der Waals surface area contributed by atoms with Gasteiger partial charge in [0.25, 0.3) is 5.56 Å². The Morgan fingerprint density at radius 1 is 1.08 bits per heavy atom. The first-order chi connectivity index (χ1) is 12.7. The van der Waals surface area contributed by atoms with Gasteiger partial charge in [-0.3, -0.25) is 9.59 Å². The lowest BCUT2D eigenvalue weighted by Gasteiger charge is -2.16. The van der Waals surface area contributed by atoms with Crippen LogP contribution in [0.3, 0.4) is 0 Å². The summed E-state index contributed by atoms with van der Waals surface area (Å²) in [4.78, 5) is 31.5. The SMILES string of the molecule is O=C(CCc1nc2ccccc2c(=O)[nH]1)NCC1(c2ccccc2)CC1. The largest absolute Gasteiger partial charge is 0.355 e. The van der Waals surface area contributed by atoms with Crippen molar-refractivity contribution in [3.63, 3.8) is 0 Å². The first kappa shape index (κ1) is 16.5. The van der Waals surface area contributed by atoms with Gasteiger partial charge in [0.05, 0.1) is 10.9 Å². The number of rotatable bonds is 6. The number of benzene rings is 2. The molecule has 1 aliphatic rings. The zero-order valence-electron chi connectivity index (χ0n) is 14.5. The van der Waals surface area contributed by atoms with Gasteiger partial charge in [0, 0.05) is 24.8 Å². The Balaban J connectivity index is 1.35. The van der Waals surface area contributed by atoms with Crippen LogP contribution in [-0.4, -0.2) is 22.4 Å². The number of carbonyl (C=O) groups excluding carboxylic acids is 1. The fraction of sp³-hybridized carbons (Fsp3) is 0.286. The molecule has 132 valence electrons. The van der Waals surface area contributed by atoms with Crippen molar-refractivity contribution < 1.29 is 4.79 Å². The molecule has 3 aromatic rings. The van der Waals surface area contributed by atoms with Gasteiger partial charge in [0.2, 0.25) is 5.91 Å². The van der Waals surface area contributed by atoms with E-state index in [1.165, 1.54) is 5.56 Å². The van der Waals surface area contributed by atoms with Crippen LogP contribution < -0.4 is 10.9 Å². The Kier molecular flexibility index (Phi) is 4.29. The summed E-state index contributed by atoms with van der Waals surface area (Å²) in [6, 6.07) is 17.6. The number of fused-ring (bicyclic) bond motifs is 1. The molecule has 0 bridgehead atoms. The molecule has 0 radical (unpaired) electrons. The molecule has 0 saturated heterocycles. The van der Waals surface area contributed by atoms with E-state index in [0.717, 1.165) is 12.8 Å². The maximum atomic E-state index is 12.2. The van der Waals surface area contributed by atoms with Gasteiger partial charge in [0.1, 0.15) is 5.82 Å². The second-order valence-electron chi connectivity index (χ2n) is 6.95. The normalized spacial score (nSPS) is 14.9. The molecule has 0 atom stereocenters. The van der Waals surface area contributed by atoms with E-state index in [1.54, 1.807) is 6.07 Å². The molecule has 0 unspecified atom stereocenters. The minimum Gasteiger partial charge on any atom is -0.355 e. The highest BCUT2D eigenvalue weighted by Gasteiger charge is 2.44. The van der Waals surface area contributed by atoms with Crippen molar-refractivity contribution >= 4 is 16.8 Å². The van der Waals surface area contributed by atoms with Crippen molar-refractivity contribution in [2.24, 2.45) is 0 Å². The number of aromatic amines is 1. The molecule has 1 aromatic heterocycles. The van der Waals surface area contributed by atoms with Crippen molar-refractivity contribution in [2.75, 3.05) is 6.54 Å². The molecule has 2 aromatic carbocycles. The maximum absolute atomic E-state index is 12.2. The molecule has 2 N–H and O–H groups in total. The average Bonchev–Trinajstić information content (AvgIpc) is 3.47. The van der Waals surface area contributed by atoms with Crippen LogP contribution in [-0.2, 0) is 16.6 Å². The lowest BCUT2D eigenvalue weighted by molar-refractivity contribution is -0.121. The third kappa shape index (κ3) is 3.38. The van der Waals surface area contributed by atoms with E-state index >= 15 is 0 Å². The third-order valence-electron chi connectivity index (χ3n) is 5.11. The van der Waals surface area contributed by atoms with Crippen LogP contribution in [0.25, 0.3) is 10.9 Å². The Morgan fingerprint density at radius 2 is 1.81 bits per heavy atom. The van der Waals surface area contributed by atoms with E-state index < -0.39 is 0 Å². The summed E-state index contributed by atoms with van der Waals surface area (Å²) in [6.07, 6.45) is 2.95. The summed E-state index contributed by atoms with van der Waals surface area (Å²) < 4.78 is 0. The molecule has 4 rings (SSSR count). The highest BCUT2D eigenvalue weighted by molar-refractivity contribution is 5.78. The molecule has 1 amide bonds. The van der Waals surface area contributed by atoms with E-state index in [-0.39, 0.29) is 16.9 Å². The van der Waals surface area contributed by atoms with Crippen molar-refractivity contribution in [1.82, 2.24) is 15.3 Å². The van der Waals surface area contributed by atoms with Crippen molar-refractivity contribution in [3.05, 3.63) is 76.3 Å². The minimum absolute atomic E-state index is 0.0111. The van der Waals surface area contributed by atoms with Gasteiger partial charge in [0.15, 0.2) is 0 Å². The van der Waals surface area contributed by atoms with Gasteiger partial charge < -0.3 is 10.3 Å². The quantitative estimate of drug-likeness (QED) is 0.720. The fourth-order valence-corrected chi connectivity index (χ4v) is 3.35. The van der Waals surface area contributed by atoms with Crippen molar-refractivity contribution in [1.29, 1.82) is 0 Å². The van der Waals surface area contributed by atoms with Crippen LogP contribution in [0, 0.1) is 0 Å². The first-order valence-corrected chi connectivity index (χ1v) is 8.96. The van der Waals surface area contributed by atoms with E-state index in [0.29, 0.717) is 36.1 Å². The molecule has 1 fully saturated rings. The topological polar surface area (TPSA) is 74.8 Å². The van der Waals surface area contributed by atoms with E-state index in [9.17, 15) is 9.59 Å². The zero-order valence-corrected chi connectivity index (χ0v) is 14.5. The van der Waals surface area contributed by atoms with Crippen molar-refractivity contribution in [3.8, 4) is 0 Å². The van der Waals surface area contributed by atoms with E-state index in [4.69, 9.17) is 0 Å². The smallest absolute Gasteiger partial charge is 0.258 e. The molecule has 0 aliphatic heterocycles. The first-order valence-electron chi connectivity index (χ1n) is 8.96. The highest BCUT2D eigenvalue weighted by Crippen LogP contribution is 2.47. The van der Waals surface area contributed by atoms with Gasteiger partial charge in [-0.1, -0.05) is 42.5 Å². The van der Waals surface area contributed by atoms with Gasteiger partial charge in [-0.2, -0.15) is 0 Å². The standard InChI is InChI=1S/C21H21N3O2/c25-19(22-14-21(12-13-21)15-6-2-1-3-7-15)11-10-18-23-17-9-5-4-8-16(17)20(26)24-18/h1-9H,10-14H2,(H,22,25)(H,23,24,26). The lowest BCUT2D eigenvalue weighted by Crippen LogP contribution is -2.32. The molecular formula is C21H21N3O2. The summed E-state index contributed by atoms with van der Waals surface area (Å²) in [6.45, 7) is 0.664. The fourth-order valence-electron chi connectivity index (χ4n) is 3.35. The Bertz CT molecular complexity index is 991. The summed E-state index contributed by atoms with van der Waals surface area (Å²) in [5.41, 5.74) is 1.90. The number of para-hydroxylation sites is 1. The lowest BCUT2D eigenvalue weighted by atomic mass is 9.96. The zero-order chi connectivity index (χ0) is 18.0. The number of nitrogens with one attached hydrogen (secondary N) is 2. The second-order valence-corrected chi connectivity index (χ2v) is 6.95. The highest BCUT2D eigenvalue weighted by atomic mass is 16.1. The Hall–Kier alpha value is -2.95. The van der Waals surface area contributed by atoms with Gasteiger partial charge in [-0.25, -0.2) is 4.98 Å². The number of H-pyrrole nitrogens is 1. The van der Waals surface area contributed by atoms with Gasteiger partial charge in [-0.15, -0.1) is 0 Å². The molecule has 0 spiro atoms. The molecule has 1 saturated carbocycles. The van der Waals surface area contributed by atoms with Gasteiger partial charge >= 0.3 is 0 Å². The number of nitrogens with zero attached hydrogens (tertiary/aromatic N) is 1. The minimum atomic E-state index is -0.160. The molecule has 1 heterocycles. The van der Waals surface area contributed by atoms with Crippen molar-refractivity contribution in [2.45, 2.75) is 31.1 Å². The predicted molar refractivity (Wildman–Crippen MR) is 101 cm³/mol. The van der Waals surface area contributed by atoms with E-state index in [2.05, 4.69) is 27.4 Å². The monoisotopic (exact) mass is 347 g/mol. The summed E-state index contributed by atoms with van der Waals surface area (Å²) in [5, 5.41) is 3.62. The number of aromatic nitrogens is 2. The number of carbonyl (C=O) groups is 1. The Labute approximate surface area is 151 Å². The average molecular weight is 347 g/mol. The number of hydrogen-bond donors (Lipinski definition) is 2. The molecule has 5 nitrogen and oxygen atoms in total. The van der Waals surface area contributed by atoms with Crippen LogP contribution in [0.5, 0.6) is 0 Å². The van der Waals surface area contributed by atoms with Gasteiger partial charge in [-0.05, 0) is 30.5 Å².